The van der Waals surface area contributed by atoms with Crippen molar-refractivity contribution < 1.29 is 27.9 Å². The quantitative estimate of drug-likeness (QED) is 0.761. The van der Waals surface area contributed by atoms with E-state index in [9.17, 15) is 13.9 Å². The number of aromatic nitrogens is 1. The van der Waals surface area contributed by atoms with E-state index in [0.717, 1.165) is 12.1 Å². The minimum Gasteiger partial charge on any atom is -0.496 e. The molecule has 1 aromatic heterocycles. The topological polar surface area (TPSA) is 64.7 Å². The first-order valence-electron chi connectivity index (χ1n) is 7.36. The molecule has 0 spiro atoms. The predicted octanol–water partition coefficient (Wildman–Crippen LogP) is 3.80. The van der Waals surface area contributed by atoms with Gasteiger partial charge in [0.2, 0.25) is 0 Å². The number of aliphatic hydroxyl groups is 1. The van der Waals surface area contributed by atoms with E-state index in [1.165, 1.54) is 20.3 Å². The van der Waals surface area contributed by atoms with E-state index < -0.39 is 18.2 Å². The lowest BCUT2D eigenvalue weighted by atomic mass is 10.0. The highest BCUT2D eigenvalue weighted by atomic mass is 19.1. The van der Waals surface area contributed by atoms with Gasteiger partial charge in [-0.1, -0.05) is 11.2 Å². The first-order chi connectivity index (χ1) is 12.1. The number of hydrogen-bond donors (Lipinski definition) is 1. The third-order valence-corrected chi connectivity index (χ3v) is 3.79. The Labute approximate surface area is 142 Å². The van der Waals surface area contributed by atoms with Crippen LogP contribution in [0.3, 0.4) is 0 Å². The van der Waals surface area contributed by atoms with Gasteiger partial charge in [-0.05, 0) is 24.3 Å². The monoisotopic (exact) mass is 347 g/mol. The Balaban J connectivity index is 2.23. The van der Waals surface area contributed by atoms with E-state index in [-0.39, 0.29) is 22.6 Å². The summed E-state index contributed by atoms with van der Waals surface area (Å²) in [6.07, 6.45) is 0. The molecule has 0 saturated carbocycles. The maximum atomic E-state index is 14.1. The number of ether oxygens (including phenoxy) is 2. The van der Waals surface area contributed by atoms with Crippen LogP contribution in [-0.4, -0.2) is 24.5 Å². The SMILES string of the molecule is COc1cccc(OC)c1-c1noc(-c2ccc(F)cc2F)c1CO. The third-order valence-electron chi connectivity index (χ3n) is 3.79. The Bertz CT molecular complexity index is 886. The molecular formula is C18H15F2NO4. The largest absolute Gasteiger partial charge is 0.496 e. The molecule has 0 aliphatic carbocycles. The molecule has 130 valence electrons. The molecule has 0 aliphatic rings. The van der Waals surface area contributed by atoms with Crippen LogP contribution in [-0.2, 0) is 6.61 Å². The van der Waals surface area contributed by atoms with Crippen molar-refractivity contribution in [2.75, 3.05) is 14.2 Å². The normalized spacial score (nSPS) is 10.8. The van der Waals surface area contributed by atoms with Crippen LogP contribution >= 0.6 is 0 Å². The van der Waals surface area contributed by atoms with Crippen LogP contribution in [0.1, 0.15) is 5.56 Å². The van der Waals surface area contributed by atoms with E-state index in [0.29, 0.717) is 17.1 Å². The van der Waals surface area contributed by atoms with Crippen LogP contribution in [0.15, 0.2) is 40.9 Å². The lowest BCUT2D eigenvalue weighted by molar-refractivity contribution is 0.281. The zero-order chi connectivity index (χ0) is 18.0. The van der Waals surface area contributed by atoms with Gasteiger partial charge in [-0.15, -0.1) is 0 Å². The summed E-state index contributed by atoms with van der Waals surface area (Å²) in [7, 11) is 2.97. The first-order valence-corrected chi connectivity index (χ1v) is 7.36. The lowest BCUT2D eigenvalue weighted by Crippen LogP contribution is -1.96. The predicted molar refractivity (Wildman–Crippen MR) is 86.3 cm³/mol. The van der Waals surface area contributed by atoms with E-state index in [4.69, 9.17) is 14.0 Å². The smallest absolute Gasteiger partial charge is 0.175 e. The Morgan fingerprint density at radius 3 is 2.32 bits per heavy atom. The molecule has 0 fully saturated rings. The zero-order valence-electron chi connectivity index (χ0n) is 13.5. The van der Waals surface area contributed by atoms with Crippen molar-refractivity contribution in [1.29, 1.82) is 0 Å². The Morgan fingerprint density at radius 1 is 1.08 bits per heavy atom. The van der Waals surface area contributed by atoms with Crippen molar-refractivity contribution in [3.8, 4) is 34.1 Å². The molecule has 0 atom stereocenters. The summed E-state index contributed by atoms with van der Waals surface area (Å²) in [4.78, 5) is 0. The molecule has 2 aromatic carbocycles. The minimum atomic E-state index is -0.815. The highest BCUT2D eigenvalue weighted by Crippen LogP contribution is 2.42. The van der Waals surface area contributed by atoms with Crippen LogP contribution < -0.4 is 9.47 Å². The number of nitrogens with zero attached hydrogens (tertiary/aromatic N) is 1. The zero-order valence-corrected chi connectivity index (χ0v) is 13.5. The Kier molecular flexibility index (Phi) is 4.67. The fourth-order valence-corrected chi connectivity index (χ4v) is 2.62. The molecule has 7 heteroatoms. The Morgan fingerprint density at radius 2 is 1.76 bits per heavy atom. The molecule has 0 radical (unpaired) electrons. The fourth-order valence-electron chi connectivity index (χ4n) is 2.62. The van der Waals surface area contributed by atoms with E-state index in [2.05, 4.69) is 5.16 Å². The number of benzene rings is 2. The maximum Gasteiger partial charge on any atom is 0.175 e. The van der Waals surface area contributed by atoms with Gasteiger partial charge in [0, 0.05) is 6.07 Å². The van der Waals surface area contributed by atoms with E-state index in [1.807, 2.05) is 0 Å². The molecule has 1 N–H and O–H groups in total. The molecule has 3 aromatic rings. The van der Waals surface area contributed by atoms with Crippen LogP contribution in [0.25, 0.3) is 22.6 Å². The first kappa shape index (κ1) is 16.9. The lowest BCUT2D eigenvalue weighted by Gasteiger charge is -2.11. The van der Waals surface area contributed by atoms with Gasteiger partial charge < -0.3 is 19.1 Å². The van der Waals surface area contributed by atoms with E-state index >= 15 is 0 Å². The molecule has 0 bridgehead atoms. The second-order valence-corrected chi connectivity index (χ2v) is 5.16. The number of hydrogen-bond acceptors (Lipinski definition) is 5. The number of rotatable bonds is 5. The molecule has 25 heavy (non-hydrogen) atoms. The van der Waals surface area contributed by atoms with Crippen LogP contribution in [0.2, 0.25) is 0 Å². The highest BCUT2D eigenvalue weighted by molar-refractivity contribution is 5.80. The van der Waals surface area contributed by atoms with E-state index in [1.54, 1.807) is 18.2 Å². The van der Waals surface area contributed by atoms with Crippen molar-refractivity contribution in [3.05, 3.63) is 53.6 Å². The second-order valence-electron chi connectivity index (χ2n) is 5.16. The second kappa shape index (κ2) is 6.90. The average Bonchev–Trinajstić information content (AvgIpc) is 3.04. The summed E-state index contributed by atoms with van der Waals surface area (Å²) in [6.45, 7) is -0.466. The minimum absolute atomic E-state index is 0.00179. The number of aliphatic hydroxyl groups excluding tert-OH is 1. The molecule has 3 rings (SSSR count). The van der Waals surface area contributed by atoms with Crippen molar-refractivity contribution in [2.45, 2.75) is 6.61 Å². The summed E-state index contributed by atoms with van der Waals surface area (Å²) in [5, 5.41) is 13.8. The Hall–Kier alpha value is -2.93. The van der Waals surface area contributed by atoms with Gasteiger partial charge in [0.1, 0.15) is 28.8 Å². The summed E-state index contributed by atoms with van der Waals surface area (Å²) in [5.74, 6) is -0.604. The summed E-state index contributed by atoms with van der Waals surface area (Å²) < 4.78 is 43.2. The van der Waals surface area contributed by atoms with Crippen molar-refractivity contribution >= 4 is 0 Å². The summed E-state index contributed by atoms with van der Waals surface area (Å²) >= 11 is 0. The molecule has 0 saturated heterocycles. The van der Waals surface area contributed by atoms with Gasteiger partial charge in [0.15, 0.2) is 5.76 Å². The molecule has 0 aliphatic heterocycles. The number of halogens is 2. The average molecular weight is 347 g/mol. The standard InChI is InChI=1S/C18H15F2NO4/c1-23-14-4-3-5-15(24-2)16(14)17-12(9-22)18(25-21-17)11-7-6-10(19)8-13(11)20/h3-8,22H,9H2,1-2H3. The van der Waals surface area contributed by atoms with Crippen molar-refractivity contribution in [1.82, 2.24) is 5.16 Å². The fraction of sp³-hybridized carbons (Fsp3) is 0.167. The van der Waals surface area contributed by atoms with Crippen LogP contribution in [0.5, 0.6) is 11.5 Å². The molecule has 1 heterocycles. The van der Waals surface area contributed by atoms with Crippen molar-refractivity contribution in [2.24, 2.45) is 0 Å². The van der Waals surface area contributed by atoms with Crippen LogP contribution in [0, 0.1) is 11.6 Å². The maximum absolute atomic E-state index is 14.1. The van der Waals surface area contributed by atoms with Gasteiger partial charge in [-0.25, -0.2) is 8.78 Å². The molecular weight excluding hydrogens is 332 g/mol. The summed E-state index contributed by atoms with van der Waals surface area (Å²) in [5.41, 5.74) is 0.968. The van der Waals surface area contributed by atoms with Crippen LogP contribution in [0.4, 0.5) is 8.78 Å². The van der Waals surface area contributed by atoms with Crippen molar-refractivity contribution in [3.63, 3.8) is 0 Å². The van der Waals surface area contributed by atoms with Gasteiger partial charge in [-0.3, -0.25) is 0 Å². The number of methoxy groups -OCH3 is 2. The highest BCUT2D eigenvalue weighted by Gasteiger charge is 2.25. The molecule has 0 unspecified atom stereocenters. The molecule has 0 amide bonds. The summed E-state index contributed by atoms with van der Waals surface area (Å²) in [6, 6.07) is 8.21. The molecule has 5 nitrogen and oxygen atoms in total. The van der Waals surface area contributed by atoms with Gasteiger partial charge in [0.25, 0.3) is 0 Å². The third kappa shape index (κ3) is 2.94. The van der Waals surface area contributed by atoms with Gasteiger partial charge in [-0.2, -0.15) is 0 Å². The van der Waals surface area contributed by atoms with Gasteiger partial charge >= 0.3 is 0 Å². The van der Waals surface area contributed by atoms with Gasteiger partial charge in [0.05, 0.1) is 37.5 Å².